The van der Waals surface area contributed by atoms with Crippen LogP contribution in [0.5, 0.6) is 0 Å². The first-order valence-electron chi connectivity index (χ1n) is 6.53. The number of nitrogens with zero attached hydrogens (tertiary/aromatic N) is 1. The van der Waals surface area contributed by atoms with Gasteiger partial charge in [0.15, 0.2) is 0 Å². The largest absolute Gasteiger partial charge is 0.479 e. The highest BCUT2D eigenvalue weighted by atomic mass is 32.2. The molecule has 1 rings (SSSR count). The summed E-state index contributed by atoms with van der Waals surface area (Å²) in [6, 6.07) is 3.70. The van der Waals surface area contributed by atoms with Crippen LogP contribution in [0.25, 0.3) is 0 Å². The second-order valence-electron chi connectivity index (χ2n) is 4.48. The van der Waals surface area contributed by atoms with Crippen LogP contribution in [0, 0.1) is 13.8 Å². The molecule has 0 heterocycles. The quantitative estimate of drug-likeness (QED) is 0.476. The zero-order valence-corrected chi connectivity index (χ0v) is 13.4. The number of oxime groups is 1. The van der Waals surface area contributed by atoms with Crippen molar-refractivity contribution in [3.8, 4) is 0 Å². The van der Waals surface area contributed by atoms with Crippen molar-refractivity contribution < 1.29 is 17.4 Å². The van der Waals surface area contributed by atoms with Gasteiger partial charge in [0.25, 0.3) is 0 Å². The lowest BCUT2D eigenvalue weighted by Gasteiger charge is -2.11. The maximum atomic E-state index is 12.2. The number of hydrogen-bond acceptors (Lipinski definition) is 5. The average molecular weight is 299 g/mol. The Hall–Kier alpha value is -1.56. The molecule has 0 saturated carbocycles. The number of ether oxygens (including phenoxy) is 1. The summed E-state index contributed by atoms with van der Waals surface area (Å²) in [7, 11) is -3.93. The summed E-state index contributed by atoms with van der Waals surface area (Å²) in [5.74, 6) is 0.177. The van der Waals surface area contributed by atoms with Gasteiger partial charge >= 0.3 is 10.1 Å². The first kappa shape index (κ1) is 16.5. The van der Waals surface area contributed by atoms with Gasteiger partial charge in [-0.3, -0.25) is 4.28 Å². The van der Waals surface area contributed by atoms with Crippen LogP contribution >= 0.6 is 0 Å². The third-order valence-corrected chi connectivity index (χ3v) is 4.21. The SMILES string of the molecule is CCO/C(C)=N/OS(=O)(=O)c1c(C)cc(CC)cc1C. The molecule has 0 saturated heterocycles. The predicted octanol–water partition coefficient (Wildman–Crippen LogP) is 2.94. The lowest BCUT2D eigenvalue weighted by molar-refractivity contribution is 0.277. The topological polar surface area (TPSA) is 65.0 Å². The van der Waals surface area contributed by atoms with E-state index in [-0.39, 0.29) is 10.8 Å². The maximum absolute atomic E-state index is 12.2. The van der Waals surface area contributed by atoms with Gasteiger partial charge in [-0.05, 0) is 49.0 Å². The minimum atomic E-state index is -3.93. The Morgan fingerprint density at radius 1 is 1.20 bits per heavy atom. The molecule has 20 heavy (non-hydrogen) atoms. The van der Waals surface area contributed by atoms with Gasteiger partial charge in [-0.2, -0.15) is 8.42 Å². The molecular formula is C14H21NO4S. The molecule has 0 N–H and O–H groups in total. The molecule has 0 aliphatic rings. The fourth-order valence-corrected chi connectivity index (χ4v) is 3.20. The van der Waals surface area contributed by atoms with E-state index in [2.05, 4.69) is 5.16 Å². The summed E-state index contributed by atoms with van der Waals surface area (Å²) >= 11 is 0. The Bertz CT molecular complexity index is 583. The number of rotatable bonds is 5. The van der Waals surface area contributed by atoms with Gasteiger partial charge in [-0.25, -0.2) is 0 Å². The summed E-state index contributed by atoms with van der Waals surface area (Å²) in [5, 5.41) is 3.49. The van der Waals surface area contributed by atoms with E-state index in [1.807, 2.05) is 19.1 Å². The third kappa shape index (κ3) is 3.96. The second kappa shape index (κ2) is 6.74. The maximum Gasteiger partial charge on any atom is 0.359 e. The zero-order chi connectivity index (χ0) is 15.3. The highest BCUT2D eigenvalue weighted by Gasteiger charge is 2.22. The molecule has 0 bridgehead atoms. The monoisotopic (exact) mass is 299 g/mol. The van der Waals surface area contributed by atoms with Gasteiger partial charge in [0, 0.05) is 6.92 Å². The van der Waals surface area contributed by atoms with Crippen LogP contribution in [0.3, 0.4) is 0 Å². The van der Waals surface area contributed by atoms with Crippen molar-refractivity contribution in [2.75, 3.05) is 6.61 Å². The normalized spacial score (nSPS) is 12.3. The van der Waals surface area contributed by atoms with Crippen LogP contribution in [0.15, 0.2) is 22.2 Å². The van der Waals surface area contributed by atoms with Crippen LogP contribution in [0.2, 0.25) is 0 Å². The minimum Gasteiger partial charge on any atom is -0.479 e. The van der Waals surface area contributed by atoms with Crippen LogP contribution in [0.1, 0.15) is 37.5 Å². The van der Waals surface area contributed by atoms with E-state index in [0.717, 1.165) is 12.0 Å². The summed E-state index contributed by atoms with van der Waals surface area (Å²) in [5.41, 5.74) is 2.41. The Balaban J connectivity index is 3.14. The standard InChI is InChI=1S/C14H21NO4S/c1-6-13-8-10(3)14(11(4)9-13)20(16,17)19-15-12(5)18-7-2/h8-9H,6-7H2,1-5H3/b15-12+. The molecule has 0 aromatic heterocycles. The van der Waals surface area contributed by atoms with Gasteiger partial charge in [0.1, 0.15) is 4.90 Å². The van der Waals surface area contributed by atoms with E-state index in [0.29, 0.717) is 17.7 Å². The molecule has 112 valence electrons. The van der Waals surface area contributed by atoms with E-state index in [1.54, 1.807) is 27.7 Å². The molecular weight excluding hydrogens is 278 g/mol. The van der Waals surface area contributed by atoms with Crippen molar-refractivity contribution in [2.24, 2.45) is 5.16 Å². The van der Waals surface area contributed by atoms with Crippen LogP contribution in [-0.4, -0.2) is 20.9 Å². The Kier molecular flexibility index (Phi) is 5.56. The molecule has 1 aromatic carbocycles. The number of hydrogen-bond donors (Lipinski definition) is 0. The van der Waals surface area contributed by atoms with E-state index < -0.39 is 10.1 Å². The van der Waals surface area contributed by atoms with Crippen LogP contribution in [-0.2, 0) is 25.6 Å². The number of benzene rings is 1. The van der Waals surface area contributed by atoms with Gasteiger partial charge in [0.2, 0.25) is 5.90 Å². The predicted molar refractivity (Wildman–Crippen MR) is 78.3 cm³/mol. The van der Waals surface area contributed by atoms with Gasteiger partial charge in [-0.15, -0.1) is 0 Å². The molecule has 5 nitrogen and oxygen atoms in total. The fraction of sp³-hybridized carbons (Fsp3) is 0.500. The molecule has 0 fully saturated rings. The van der Waals surface area contributed by atoms with E-state index in [1.165, 1.54) is 0 Å². The Morgan fingerprint density at radius 2 is 1.75 bits per heavy atom. The van der Waals surface area contributed by atoms with Gasteiger partial charge in [-0.1, -0.05) is 19.1 Å². The molecule has 6 heteroatoms. The Labute approximate surface area is 120 Å². The highest BCUT2D eigenvalue weighted by Crippen LogP contribution is 2.24. The third-order valence-electron chi connectivity index (χ3n) is 2.80. The molecule has 0 spiro atoms. The average Bonchev–Trinajstić information content (AvgIpc) is 2.35. The van der Waals surface area contributed by atoms with E-state index in [4.69, 9.17) is 9.02 Å². The van der Waals surface area contributed by atoms with E-state index >= 15 is 0 Å². The van der Waals surface area contributed by atoms with Crippen molar-refractivity contribution in [2.45, 2.75) is 45.9 Å². The fourth-order valence-electron chi connectivity index (χ4n) is 2.01. The zero-order valence-electron chi connectivity index (χ0n) is 12.6. The van der Waals surface area contributed by atoms with Crippen molar-refractivity contribution in [1.82, 2.24) is 0 Å². The first-order chi connectivity index (χ1) is 9.31. The molecule has 0 unspecified atom stereocenters. The van der Waals surface area contributed by atoms with Crippen molar-refractivity contribution in [3.63, 3.8) is 0 Å². The lowest BCUT2D eigenvalue weighted by atomic mass is 10.1. The highest BCUT2D eigenvalue weighted by molar-refractivity contribution is 7.86. The molecule has 0 aliphatic carbocycles. The summed E-state index contributed by atoms with van der Waals surface area (Å²) < 4.78 is 34.1. The second-order valence-corrected chi connectivity index (χ2v) is 5.95. The van der Waals surface area contributed by atoms with E-state index in [9.17, 15) is 8.42 Å². The van der Waals surface area contributed by atoms with Gasteiger partial charge in [0.05, 0.1) is 6.61 Å². The summed E-state index contributed by atoms with van der Waals surface area (Å²) in [6.07, 6.45) is 0.852. The Morgan fingerprint density at radius 3 is 2.20 bits per heavy atom. The lowest BCUT2D eigenvalue weighted by Crippen LogP contribution is -2.10. The molecule has 0 radical (unpaired) electrons. The molecule has 0 amide bonds. The molecule has 0 aliphatic heterocycles. The molecule has 1 aromatic rings. The van der Waals surface area contributed by atoms with Crippen molar-refractivity contribution >= 4 is 16.0 Å². The van der Waals surface area contributed by atoms with Crippen molar-refractivity contribution in [3.05, 3.63) is 28.8 Å². The van der Waals surface area contributed by atoms with Crippen LogP contribution < -0.4 is 0 Å². The summed E-state index contributed by atoms with van der Waals surface area (Å²) in [4.78, 5) is 0.169. The minimum absolute atomic E-state index is 0.169. The summed E-state index contributed by atoms with van der Waals surface area (Å²) in [6.45, 7) is 9.25. The number of aryl methyl sites for hydroxylation is 3. The first-order valence-corrected chi connectivity index (χ1v) is 7.93. The van der Waals surface area contributed by atoms with Crippen LogP contribution in [0.4, 0.5) is 0 Å². The molecule has 0 atom stereocenters. The van der Waals surface area contributed by atoms with Gasteiger partial charge < -0.3 is 4.74 Å². The smallest absolute Gasteiger partial charge is 0.359 e. The van der Waals surface area contributed by atoms with Crippen molar-refractivity contribution in [1.29, 1.82) is 0 Å².